The smallest absolute Gasteiger partial charge is 0.243 e. The molecule has 1 N–H and O–H groups in total. The van der Waals surface area contributed by atoms with Crippen molar-refractivity contribution in [3.05, 3.63) is 29.8 Å². The van der Waals surface area contributed by atoms with Crippen molar-refractivity contribution in [1.29, 1.82) is 0 Å². The maximum atomic E-state index is 12.7. The van der Waals surface area contributed by atoms with Gasteiger partial charge in [-0.05, 0) is 49.7 Å². The van der Waals surface area contributed by atoms with Crippen molar-refractivity contribution < 1.29 is 13.5 Å². The average molecular weight is 309 g/mol. The first-order valence-electron chi connectivity index (χ1n) is 7.64. The van der Waals surface area contributed by atoms with Crippen LogP contribution in [0.1, 0.15) is 25.3 Å². The molecule has 1 aliphatic carbocycles. The maximum absolute atomic E-state index is 12.7. The minimum absolute atomic E-state index is 0.186. The molecule has 0 radical (unpaired) electrons. The van der Waals surface area contributed by atoms with E-state index < -0.39 is 10.0 Å². The van der Waals surface area contributed by atoms with Gasteiger partial charge in [0.2, 0.25) is 10.0 Å². The highest BCUT2D eigenvalue weighted by Crippen LogP contribution is 2.43. The lowest BCUT2D eigenvalue weighted by Crippen LogP contribution is -2.43. The van der Waals surface area contributed by atoms with Crippen LogP contribution in [0, 0.1) is 24.7 Å². The molecule has 21 heavy (non-hydrogen) atoms. The molecule has 1 aromatic rings. The van der Waals surface area contributed by atoms with Crippen molar-refractivity contribution in [2.75, 3.05) is 13.1 Å². The summed E-state index contributed by atoms with van der Waals surface area (Å²) in [5, 5.41) is 10.00. The summed E-state index contributed by atoms with van der Waals surface area (Å²) in [5.74, 6) is 0.944. The molecule has 4 atom stereocenters. The number of nitrogens with zero attached hydrogens (tertiary/aromatic N) is 1. The van der Waals surface area contributed by atoms with Gasteiger partial charge in [0.05, 0.1) is 11.0 Å². The van der Waals surface area contributed by atoms with E-state index in [9.17, 15) is 13.5 Å². The third-order valence-corrected chi connectivity index (χ3v) is 7.13. The first kappa shape index (κ1) is 15.0. The van der Waals surface area contributed by atoms with Crippen LogP contribution in [-0.2, 0) is 10.0 Å². The lowest BCUT2D eigenvalue weighted by atomic mass is 9.85. The molecule has 2 fully saturated rings. The molecule has 0 unspecified atom stereocenters. The van der Waals surface area contributed by atoms with E-state index in [0.717, 1.165) is 18.4 Å². The van der Waals surface area contributed by atoms with E-state index in [4.69, 9.17) is 0 Å². The van der Waals surface area contributed by atoms with E-state index in [1.54, 1.807) is 16.4 Å². The fourth-order valence-corrected chi connectivity index (χ4v) is 5.27. The van der Waals surface area contributed by atoms with Crippen LogP contribution in [0.2, 0.25) is 0 Å². The molecule has 1 saturated heterocycles. The van der Waals surface area contributed by atoms with Crippen molar-refractivity contribution in [3.63, 3.8) is 0 Å². The van der Waals surface area contributed by atoms with Crippen LogP contribution in [0.15, 0.2) is 29.2 Å². The van der Waals surface area contributed by atoms with Gasteiger partial charge in [-0.2, -0.15) is 4.31 Å². The number of hydrogen-bond acceptors (Lipinski definition) is 3. The number of sulfonamides is 1. The summed E-state index contributed by atoms with van der Waals surface area (Å²) in [7, 11) is -3.41. The lowest BCUT2D eigenvalue weighted by molar-refractivity contribution is 0.120. The van der Waals surface area contributed by atoms with Crippen LogP contribution in [0.5, 0.6) is 0 Å². The van der Waals surface area contributed by atoms with E-state index in [-0.39, 0.29) is 17.9 Å². The summed E-state index contributed by atoms with van der Waals surface area (Å²) in [6.45, 7) is 5.09. The third kappa shape index (κ3) is 2.62. The average Bonchev–Trinajstić information content (AvgIpc) is 2.74. The first-order chi connectivity index (χ1) is 9.89. The molecule has 1 heterocycles. The zero-order valence-electron chi connectivity index (χ0n) is 12.6. The molecule has 1 saturated carbocycles. The van der Waals surface area contributed by atoms with Gasteiger partial charge in [0, 0.05) is 13.1 Å². The van der Waals surface area contributed by atoms with Gasteiger partial charge in [-0.15, -0.1) is 0 Å². The van der Waals surface area contributed by atoms with Gasteiger partial charge in [-0.1, -0.05) is 24.6 Å². The van der Waals surface area contributed by atoms with Crippen LogP contribution in [-0.4, -0.2) is 37.0 Å². The molecule has 5 heteroatoms. The summed E-state index contributed by atoms with van der Waals surface area (Å²) in [6, 6.07) is 7.04. The number of hydrogen-bond donors (Lipinski definition) is 1. The molecule has 2 aliphatic rings. The van der Waals surface area contributed by atoms with Crippen molar-refractivity contribution in [2.24, 2.45) is 17.8 Å². The number of aliphatic hydroxyl groups is 1. The molecule has 0 amide bonds. The van der Waals surface area contributed by atoms with Crippen molar-refractivity contribution in [1.82, 2.24) is 4.31 Å². The van der Waals surface area contributed by atoms with Crippen LogP contribution in [0.4, 0.5) is 0 Å². The number of piperidine rings is 1. The van der Waals surface area contributed by atoms with Gasteiger partial charge in [0.25, 0.3) is 0 Å². The fourth-order valence-electron chi connectivity index (χ4n) is 3.78. The standard InChI is InChI=1S/C16H23NO3S/c1-11-3-5-14(6-4-11)21(19,20)17-8-7-13-9-16(18)12(2)15(13)10-17/h3-6,12-13,15-16,18H,7-10H2,1-2H3/t12-,13-,15+,16+/m1/s1. The van der Waals surface area contributed by atoms with Gasteiger partial charge in [-0.3, -0.25) is 0 Å². The van der Waals surface area contributed by atoms with Crippen molar-refractivity contribution in [3.8, 4) is 0 Å². The highest BCUT2D eigenvalue weighted by atomic mass is 32.2. The largest absolute Gasteiger partial charge is 0.393 e. The summed E-state index contributed by atoms with van der Waals surface area (Å²) >= 11 is 0. The van der Waals surface area contributed by atoms with Crippen LogP contribution in [0.3, 0.4) is 0 Å². The Kier molecular flexibility index (Phi) is 3.84. The number of benzene rings is 1. The van der Waals surface area contributed by atoms with E-state index >= 15 is 0 Å². The van der Waals surface area contributed by atoms with Crippen LogP contribution < -0.4 is 0 Å². The van der Waals surface area contributed by atoms with Crippen molar-refractivity contribution in [2.45, 2.75) is 37.7 Å². The SMILES string of the molecule is Cc1ccc(S(=O)(=O)N2CC[C@@H]3C[C@H](O)[C@H](C)[C@@H]3C2)cc1. The fraction of sp³-hybridized carbons (Fsp3) is 0.625. The van der Waals surface area contributed by atoms with Crippen LogP contribution in [0.25, 0.3) is 0 Å². The molecule has 1 aliphatic heterocycles. The molecule has 0 bridgehead atoms. The minimum Gasteiger partial charge on any atom is -0.393 e. The predicted octanol–water partition coefficient (Wildman–Crippen LogP) is 2.02. The molecule has 116 valence electrons. The van der Waals surface area contributed by atoms with E-state index in [1.807, 2.05) is 26.0 Å². The van der Waals surface area contributed by atoms with E-state index in [2.05, 4.69) is 0 Å². The second-order valence-electron chi connectivity index (χ2n) is 6.55. The zero-order chi connectivity index (χ0) is 15.2. The molecular weight excluding hydrogens is 286 g/mol. The topological polar surface area (TPSA) is 57.6 Å². The molecular formula is C16H23NO3S. The molecule has 3 rings (SSSR count). The quantitative estimate of drug-likeness (QED) is 0.909. The number of fused-ring (bicyclic) bond motifs is 1. The van der Waals surface area contributed by atoms with Crippen molar-refractivity contribution >= 4 is 10.0 Å². The van der Waals surface area contributed by atoms with Gasteiger partial charge in [0.15, 0.2) is 0 Å². The molecule has 0 spiro atoms. The summed E-state index contributed by atoms with van der Waals surface area (Å²) < 4.78 is 27.1. The Bertz CT molecular complexity index is 611. The Labute approximate surface area is 126 Å². The maximum Gasteiger partial charge on any atom is 0.243 e. The van der Waals surface area contributed by atoms with E-state index in [0.29, 0.717) is 23.9 Å². The van der Waals surface area contributed by atoms with E-state index in [1.165, 1.54) is 0 Å². The Morgan fingerprint density at radius 3 is 2.57 bits per heavy atom. The summed E-state index contributed by atoms with van der Waals surface area (Å²) in [6.07, 6.45) is 1.41. The minimum atomic E-state index is -3.41. The first-order valence-corrected chi connectivity index (χ1v) is 9.08. The molecule has 0 aromatic heterocycles. The zero-order valence-corrected chi connectivity index (χ0v) is 13.4. The summed E-state index contributed by atoms with van der Waals surface area (Å²) in [4.78, 5) is 0.373. The Morgan fingerprint density at radius 2 is 1.90 bits per heavy atom. The second kappa shape index (κ2) is 5.38. The second-order valence-corrected chi connectivity index (χ2v) is 8.49. The van der Waals surface area contributed by atoms with Gasteiger partial charge in [-0.25, -0.2) is 8.42 Å². The Morgan fingerprint density at radius 1 is 1.24 bits per heavy atom. The normalized spacial score (nSPS) is 33.9. The number of aliphatic hydroxyl groups excluding tert-OH is 1. The molecule has 1 aromatic carbocycles. The lowest BCUT2D eigenvalue weighted by Gasteiger charge is -2.35. The van der Waals surface area contributed by atoms with Gasteiger partial charge in [0.1, 0.15) is 0 Å². The number of rotatable bonds is 2. The van der Waals surface area contributed by atoms with Gasteiger partial charge < -0.3 is 5.11 Å². The Hall–Kier alpha value is -0.910. The highest BCUT2D eigenvalue weighted by molar-refractivity contribution is 7.89. The third-order valence-electron chi connectivity index (χ3n) is 5.25. The van der Waals surface area contributed by atoms with Gasteiger partial charge >= 0.3 is 0 Å². The molecule has 4 nitrogen and oxygen atoms in total. The Balaban J connectivity index is 1.82. The van der Waals surface area contributed by atoms with Crippen LogP contribution >= 0.6 is 0 Å². The monoisotopic (exact) mass is 309 g/mol. The number of aryl methyl sites for hydroxylation is 1. The predicted molar refractivity (Wildman–Crippen MR) is 81.3 cm³/mol. The highest BCUT2D eigenvalue weighted by Gasteiger charge is 2.45. The summed E-state index contributed by atoms with van der Waals surface area (Å²) in [5.41, 5.74) is 1.06.